The molecule has 0 saturated heterocycles. The summed E-state index contributed by atoms with van der Waals surface area (Å²) in [4.78, 5) is 8.83. The Morgan fingerprint density at radius 1 is 1.07 bits per heavy atom. The quantitative estimate of drug-likeness (QED) is 0.439. The van der Waals surface area contributed by atoms with Gasteiger partial charge in [0.05, 0.1) is 16.8 Å². The fourth-order valence-electron chi connectivity index (χ4n) is 2.56. The van der Waals surface area contributed by atoms with E-state index in [4.69, 9.17) is 8.83 Å². The molecule has 0 aliphatic rings. The Morgan fingerprint density at radius 3 is 2.61 bits per heavy atom. The molecule has 0 aliphatic heterocycles. The van der Waals surface area contributed by atoms with Gasteiger partial charge in [-0.25, -0.2) is 22.7 Å². The number of oxazole rings is 2. The van der Waals surface area contributed by atoms with Gasteiger partial charge in [-0.2, -0.15) is 0 Å². The van der Waals surface area contributed by atoms with Crippen molar-refractivity contribution < 1.29 is 17.3 Å². The topological polar surface area (TPSA) is 89.4 Å². The van der Waals surface area contributed by atoms with Crippen LogP contribution >= 0.6 is 11.8 Å². The van der Waals surface area contributed by atoms with Crippen LogP contribution in [0.5, 0.6) is 0 Å². The monoisotopic (exact) mass is 415 g/mol. The fourth-order valence-corrected chi connectivity index (χ4v) is 4.17. The largest absolute Gasteiger partial charge is 0.440 e. The highest BCUT2D eigenvalue weighted by atomic mass is 32.2. The summed E-state index contributed by atoms with van der Waals surface area (Å²) in [5.74, 6) is 1.71. The average Bonchev–Trinajstić information content (AvgIpc) is 3.33. The Bertz CT molecular complexity index is 1210. The summed E-state index contributed by atoms with van der Waals surface area (Å²) in [5.41, 5.74) is 1.98. The molecule has 0 radical (unpaired) electrons. The average molecular weight is 415 g/mol. The molecule has 4 aromatic rings. The van der Waals surface area contributed by atoms with Gasteiger partial charge in [0.2, 0.25) is 15.9 Å². The van der Waals surface area contributed by atoms with Gasteiger partial charge in [-0.15, -0.1) is 0 Å². The first kappa shape index (κ1) is 18.7. The van der Waals surface area contributed by atoms with E-state index in [0.717, 1.165) is 9.87 Å². The van der Waals surface area contributed by atoms with Crippen molar-refractivity contribution in [3.8, 4) is 11.3 Å². The molecular weight excluding hydrogens is 398 g/mol. The molecule has 0 bridgehead atoms. The fraction of sp³-hybridized carbons (Fsp3) is 0.158. The van der Waals surface area contributed by atoms with Gasteiger partial charge in [0.1, 0.15) is 5.52 Å². The van der Waals surface area contributed by atoms with Crippen molar-refractivity contribution in [2.24, 2.45) is 0 Å². The van der Waals surface area contributed by atoms with Crippen LogP contribution in [0.25, 0.3) is 22.4 Å². The van der Waals surface area contributed by atoms with Crippen LogP contribution in [0.2, 0.25) is 0 Å². The van der Waals surface area contributed by atoms with Gasteiger partial charge in [-0.05, 0) is 18.2 Å². The molecular formula is C19H17N3O4S2. The van der Waals surface area contributed by atoms with E-state index in [0.29, 0.717) is 33.7 Å². The summed E-state index contributed by atoms with van der Waals surface area (Å²) in [6, 6.07) is 14.4. The number of sulfonamides is 1. The molecule has 0 spiro atoms. The second kappa shape index (κ2) is 7.42. The molecule has 28 heavy (non-hydrogen) atoms. The van der Waals surface area contributed by atoms with Crippen molar-refractivity contribution in [2.75, 3.05) is 14.1 Å². The third-order valence-electron chi connectivity index (χ3n) is 4.05. The van der Waals surface area contributed by atoms with Crippen LogP contribution in [-0.4, -0.2) is 36.8 Å². The summed E-state index contributed by atoms with van der Waals surface area (Å²) in [7, 11) is -0.539. The zero-order chi connectivity index (χ0) is 19.7. The van der Waals surface area contributed by atoms with E-state index in [1.54, 1.807) is 12.3 Å². The SMILES string of the molecule is CN(C)S(=O)(=O)c1ccc2oc(SCc3ncc(-c4ccccc4)o3)nc2c1. The number of nitrogens with zero attached hydrogens (tertiary/aromatic N) is 3. The van der Waals surface area contributed by atoms with Gasteiger partial charge >= 0.3 is 0 Å². The molecule has 4 rings (SSSR count). The third-order valence-corrected chi connectivity index (χ3v) is 6.67. The molecule has 2 heterocycles. The minimum atomic E-state index is -3.52. The van der Waals surface area contributed by atoms with E-state index < -0.39 is 10.0 Å². The first-order valence-electron chi connectivity index (χ1n) is 8.39. The van der Waals surface area contributed by atoms with Gasteiger partial charge in [-0.3, -0.25) is 0 Å². The number of aromatic nitrogens is 2. The lowest BCUT2D eigenvalue weighted by atomic mass is 10.2. The van der Waals surface area contributed by atoms with Crippen LogP contribution in [0.1, 0.15) is 5.89 Å². The summed E-state index contributed by atoms with van der Waals surface area (Å²) < 4.78 is 37.1. The second-order valence-electron chi connectivity index (χ2n) is 6.17. The number of benzene rings is 2. The van der Waals surface area contributed by atoms with Crippen molar-refractivity contribution >= 4 is 32.9 Å². The minimum absolute atomic E-state index is 0.176. The standard InChI is InChI=1S/C19H17N3O4S2/c1-22(2)28(23,24)14-8-9-16-15(10-14)21-19(26-16)27-12-18-20-11-17(25-18)13-6-4-3-5-7-13/h3-11H,12H2,1-2H3. The molecule has 0 saturated carbocycles. The zero-order valence-electron chi connectivity index (χ0n) is 15.2. The maximum Gasteiger partial charge on any atom is 0.257 e. The summed E-state index contributed by atoms with van der Waals surface area (Å²) in [6.07, 6.45) is 1.69. The van der Waals surface area contributed by atoms with Crippen LogP contribution < -0.4 is 0 Å². The Morgan fingerprint density at radius 2 is 1.86 bits per heavy atom. The zero-order valence-corrected chi connectivity index (χ0v) is 16.8. The Labute approximate surface area is 166 Å². The number of hydrogen-bond acceptors (Lipinski definition) is 7. The highest BCUT2D eigenvalue weighted by Crippen LogP contribution is 2.29. The molecule has 0 N–H and O–H groups in total. The predicted octanol–water partition coefficient (Wildman–Crippen LogP) is 4.03. The molecule has 9 heteroatoms. The van der Waals surface area contributed by atoms with Crippen LogP contribution in [0.3, 0.4) is 0 Å². The molecule has 0 unspecified atom stereocenters. The minimum Gasteiger partial charge on any atom is -0.440 e. The van der Waals surface area contributed by atoms with E-state index in [9.17, 15) is 8.42 Å². The van der Waals surface area contributed by atoms with Crippen LogP contribution in [0.4, 0.5) is 0 Å². The molecule has 144 valence electrons. The lowest BCUT2D eigenvalue weighted by molar-refractivity contribution is 0.486. The van der Waals surface area contributed by atoms with E-state index in [1.165, 1.54) is 38.0 Å². The first-order chi connectivity index (χ1) is 13.4. The maximum atomic E-state index is 12.3. The van der Waals surface area contributed by atoms with Crippen molar-refractivity contribution in [1.29, 1.82) is 0 Å². The van der Waals surface area contributed by atoms with Crippen LogP contribution in [0.15, 0.2) is 73.7 Å². The third kappa shape index (κ3) is 3.68. The van der Waals surface area contributed by atoms with Gasteiger partial charge in [0.25, 0.3) is 5.22 Å². The van der Waals surface area contributed by atoms with E-state index in [-0.39, 0.29) is 4.90 Å². The van der Waals surface area contributed by atoms with Gasteiger partial charge in [0.15, 0.2) is 11.3 Å². The Hall–Kier alpha value is -2.62. The molecule has 0 atom stereocenters. The molecule has 0 fully saturated rings. The molecule has 2 aromatic heterocycles. The summed E-state index contributed by atoms with van der Waals surface area (Å²) in [6.45, 7) is 0. The van der Waals surface area contributed by atoms with Crippen LogP contribution in [-0.2, 0) is 15.8 Å². The highest BCUT2D eigenvalue weighted by Gasteiger charge is 2.19. The number of hydrogen-bond donors (Lipinski definition) is 0. The molecule has 7 nitrogen and oxygen atoms in total. The smallest absolute Gasteiger partial charge is 0.257 e. The summed E-state index contributed by atoms with van der Waals surface area (Å²) in [5, 5.41) is 0.425. The number of rotatable bonds is 6. The predicted molar refractivity (Wildman–Crippen MR) is 106 cm³/mol. The Balaban J connectivity index is 1.51. The molecule has 2 aromatic carbocycles. The molecule has 0 amide bonds. The van der Waals surface area contributed by atoms with E-state index >= 15 is 0 Å². The van der Waals surface area contributed by atoms with Crippen molar-refractivity contribution in [3.05, 3.63) is 60.6 Å². The lowest BCUT2D eigenvalue weighted by Gasteiger charge is -2.10. The van der Waals surface area contributed by atoms with Gasteiger partial charge in [0, 0.05) is 19.7 Å². The second-order valence-corrected chi connectivity index (χ2v) is 9.25. The van der Waals surface area contributed by atoms with Crippen molar-refractivity contribution in [3.63, 3.8) is 0 Å². The van der Waals surface area contributed by atoms with Crippen LogP contribution in [0, 0.1) is 0 Å². The highest BCUT2D eigenvalue weighted by molar-refractivity contribution is 7.98. The summed E-state index contributed by atoms with van der Waals surface area (Å²) >= 11 is 1.33. The van der Waals surface area contributed by atoms with E-state index in [1.807, 2.05) is 30.3 Å². The maximum absolute atomic E-state index is 12.3. The van der Waals surface area contributed by atoms with Crippen molar-refractivity contribution in [2.45, 2.75) is 15.9 Å². The number of thioether (sulfide) groups is 1. The van der Waals surface area contributed by atoms with Crippen molar-refractivity contribution in [1.82, 2.24) is 14.3 Å². The first-order valence-corrected chi connectivity index (χ1v) is 10.8. The van der Waals surface area contributed by atoms with E-state index in [2.05, 4.69) is 9.97 Å². The number of fused-ring (bicyclic) bond motifs is 1. The molecule has 0 aliphatic carbocycles. The normalized spacial score (nSPS) is 12.1. The van der Waals surface area contributed by atoms with Gasteiger partial charge in [-0.1, -0.05) is 42.1 Å². The lowest BCUT2D eigenvalue weighted by Crippen LogP contribution is -2.22. The Kier molecular flexibility index (Phi) is 4.96. The van der Waals surface area contributed by atoms with Gasteiger partial charge < -0.3 is 8.83 Å².